The lowest BCUT2D eigenvalue weighted by Crippen LogP contribution is -2.13. The number of rotatable bonds is 9. The molecule has 156 valence electrons. The first kappa shape index (κ1) is 23.2. The van der Waals surface area contributed by atoms with Gasteiger partial charge in [0.1, 0.15) is 5.75 Å². The summed E-state index contributed by atoms with van der Waals surface area (Å²) in [4.78, 5) is 0. The van der Waals surface area contributed by atoms with Gasteiger partial charge in [-0.25, -0.2) is 0 Å². The molecule has 0 unspecified atom stereocenters. The third-order valence-electron chi connectivity index (χ3n) is 5.69. The highest BCUT2D eigenvalue weighted by molar-refractivity contribution is 5.40. The van der Waals surface area contributed by atoms with Crippen LogP contribution in [0.5, 0.6) is 5.75 Å². The number of hydrogen-bond donors (Lipinski definition) is 0. The van der Waals surface area contributed by atoms with Gasteiger partial charge in [-0.05, 0) is 74.4 Å². The highest BCUT2D eigenvalue weighted by Crippen LogP contribution is 2.31. The molecule has 1 fully saturated rings. The summed E-state index contributed by atoms with van der Waals surface area (Å²) in [5, 5.41) is 0. The van der Waals surface area contributed by atoms with Gasteiger partial charge < -0.3 is 4.74 Å². The predicted molar refractivity (Wildman–Crippen MR) is 125 cm³/mol. The Morgan fingerprint density at radius 1 is 0.862 bits per heavy atom. The molecular formula is C28H38O. The van der Waals surface area contributed by atoms with Gasteiger partial charge >= 0.3 is 0 Å². The molecule has 1 aliphatic rings. The average Bonchev–Trinajstić information content (AvgIpc) is 2.76. The molecule has 0 atom stereocenters. The Hall–Kier alpha value is -2.12. The molecule has 0 radical (unpaired) electrons. The van der Waals surface area contributed by atoms with Crippen molar-refractivity contribution in [2.24, 2.45) is 11.8 Å². The molecule has 0 N–H and O–H groups in total. The highest BCUT2D eigenvalue weighted by atomic mass is 16.5. The first-order valence-corrected chi connectivity index (χ1v) is 11.7. The minimum Gasteiger partial charge on any atom is -0.494 e. The third kappa shape index (κ3) is 10.3. The van der Waals surface area contributed by atoms with Crippen molar-refractivity contribution in [2.75, 3.05) is 6.61 Å². The first-order valence-electron chi connectivity index (χ1n) is 11.7. The Labute approximate surface area is 179 Å². The molecule has 2 rings (SSSR count). The Kier molecular flexibility index (Phi) is 11.8. The van der Waals surface area contributed by atoms with Gasteiger partial charge in [-0.1, -0.05) is 76.1 Å². The zero-order valence-corrected chi connectivity index (χ0v) is 18.5. The maximum atomic E-state index is 5.73. The van der Waals surface area contributed by atoms with Gasteiger partial charge in [-0.3, -0.25) is 0 Å². The van der Waals surface area contributed by atoms with Crippen molar-refractivity contribution in [3.8, 4) is 29.4 Å². The smallest absolute Gasteiger partial charge is 0.119 e. The van der Waals surface area contributed by atoms with E-state index in [4.69, 9.17) is 4.74 Å². The molecule has 0 aliphatic heterocycles. The summed E-state index contributed by atoms with van der Waals surface area (Å²) in [6.45, 7) is 5.28. The number of unbranched alkanes of at least 4 members (excludes halogenated alkanes) is 4. The van der Waals surface area contributed by atoms with E-state index >= 15 is 0 Å². The van der Waals surface area contributed by atoms with E-state index in [0.29, 0.717) is 5.92 Å². The van der Waals surface area contributed by atoms with Crippen LogP contribution in [-0.4, -0.2) is 6.61 Å². The van der Waals surface area contributed by atoms with Gasteiger partial charge in [0.2, 0.25) is 0 Å². The molecule has 0 bridgehead atoms. The fourth-order valence-electron chi connectivity index (χ4n) is 3.83. The first-order chi connectivity index (χ1) is 14.3. The maximum absolute atomic E-state index is 5.73. The van der Waals surface area contributed by atoms with Gasteiger partial charge in [0.05, 0.1) is 6.61 Å². The van der Waals surface area contributed by atoms with Crippen LogP contribution in [0.25, 0.3) is 0 Å². The molecule has 1 aromatic rings. The van der Waals surface area contributed by atoms with E-state index < -0.39 is 0 Å². The fourth-order valence-corrected chi connectivity index (χ4v) is 3.83. The van der Waals surface area contributed by atoms with Crippen molar-refractivity contribution in [2.45, 2.75) is 84.5 Å². The molecule has 0 aromatic heterocycles. The highest BCUT2D eigenvalue weighted by Gasteiger charge is 2.19. The molecule has 0 spiro atoms. The van der Waals surface area contributed by atoms with Crippen molar-refractivity contribution in [1.82, 2.24) is 0 Å². The Balaban J connectivity index is 1.67. The summed E-state index contributed by atoms with van der Waals surface area (Å²) in [5.74, 6) is 15.3. The Morgan fingerprint density at radius 3 is 2.28 bits per heavy atom. The minimum absolute atomic E-state index is 0.583. The van der Waals surface area contributed by atoms with E-state index in [9.17, 15) is 0 Å². The SMILES string of the molecule is CCCCCOc1ccc(C#C/C=C/C#C[C@H]2CC[C@H](CCCCC)CC2)cc1. The van der Waals surface area contributed by atoms with Gasteiger partial charge in [0.25, 0.3) is 0 Å². The van der Waals surface area contributed by atoms with Gasteiger partial charge in [-0.15, -0.1) is 0 Å². The van der Waals surface area contributed by atoms with Crippen LogP contribution in [0.15, 0.2) is 36.4 Å². The number of ether oxygens (including phenoxy) is 1. The molecule has 1 heteroatoms. The second-order valence-electron chi connectivity index (χ2n) is 8.18. The largest absolute Gasteiger partial charge is 0.494 e. The van der Waals surface area contributed by atoms with Crippen LogP contribution in [-0.2, 0) is 0 Å². The van der Waals surface area contributed by atoms with Crippen molar-refractivity contribution < 1.29 is 4.74 Å². The third-order valence-corrected chi connectivity index (χ3v) is 5.69. The molecule has 0 amide bonds. The second kappa shape index (κ2) is 14.8. The molecule has 1 aliphatic carbocycles. The molecular weight excluding hydrogens is 352 g/mol. The van der Waals surface area contributed by atoms with Crippen LogP contribution < -0.4 is 4.74 Å². The summed E-state index contributed by atoms with van der Waals surface area (Å²) in [5.41, 5.74) is 1.00. The lowest BCUT2D eigenvalue weighted by atomic mass is 9.80. The molecule has 29 heavy (non-hydrogen) atoms. The molecule has 1 saturated carbocycles. The molecule has 0 saturated heterocycles. The van der Waals surface area contributed by atoms with Crippen LogP contribution in [0.3, 0.4) is 0 Å². The minimum atomic E-state index is 0.583. The summed E-state index contributed by atoms with van der Waals surface area (Å²) < 4.78 is 5.73. The number of hydrogen-bond acceptors (Lipinski definition) is 1. The quantitative estimate of drug-likeness (QED) is 0.312. The van der Waals surface area contributed by atoms with Crippen molar-refractivity contribution in [1.29, 1.82) is 0 Å². The van der Waals surface area contributed by atoms with Crippen molar-refractivity contribution in [3.05, 3.63) is 42.0 Å². The van der Waals surface area contributed by atoms with Gasteiger partial charge in [0, 0.05) is 11.5 Å². The van der Waals surface area contributed by atoms with Crippen molar-refractivity contribution >= 4 is 0 Å². The zero-order chi connectivity index (χ0) is 20.6. The van der Waals surface area contributed by atoms with E-state index in [1.54, 1.807) is 0 Å². The Bertz CT molecular complexity index is 697. The Morgan fingerprint density at radius 2 is 1.55 bits per heavy atom. The van der Waals surface area contributed by atoms with Gasteiger partial charge in [-0.2, -0.15) is 0 Å². The average molecular weight is 391 g/mol. The molecule has 0 heterocycles. The van der Waals surface area contributed by atoms with E-state index in [1.165, 1.54) is 64.2 Å². The van der Waals surface area contributed by atoms with Crippen molar-refractivity contribution in [3.63, 3.8) is 0 Å². The summed E-state index contributed by atoms with van der Waals surface area (Å²) in [6.07, 6.45) is 18.1. The standard InChI is InChI=1S/C28H38O/c1-3-5-9-13-25-16-18-26(19-17-25)14-10-7-8-11-15-27-20-22-28(23-21-27)29-24-12-6-4-2/h7-8,20-23,25-26H,3-6,9,12-13,16-19,24H2,1-2H3/b8-7+/t25-,26-. The lowest BCUT2D eigenvalue weighted by molar-refractivity contribution is 0.294. The zero-order valence-electron chi connectivity index (χ0n) is 18.5. The molecule has 1 nitrogen and oxygen atoms in total. The summed E-state index contributed by atoms with van der Waals surface area (Å²) in [7, 11) is 0. The normalized spacial score (nSPS) is 18.6. The van der Waals surface area contributed by atoms with Gasteiger partial charge in [0.15, 0.2) is 0 Å². The van der Waals surface area contributed by atoms with Crippen LogP contribution in [0.4, 0.5) is 0 Å². The fraction of sp³-hybridized carbons (Fsp3) is 0.571. The van der Waals surface area contributed by atoms with E-state index in [0.717, 1.165) is 30.3 Å². The van der Waals surface area contributed by atoms with E-state index in [-0.39, 0.29) is 0 Å². The maximum Gasteiger partial charge on any atom is 0.119 e. The second-order valence-corrected chi connectivity index (χ2v) is 8.18. The van der Waals surface area contributed by atoms with E-state index in [1.807, 2.05) is 36.4 Å². The van der Waals surface area contributed by atoms with E-state index in [2.05, 4.69) is 37.5 Å². The van der Waals surface area contributed by atoms with Crippen LogP contribution in [0.2, 0.25) is 0 Å². The van der Waals surface area contributed by atoms with Crippen LogP contribution in [0.1, 0.15) is 90.0 Å². The lowest BCUT2D eigenvalue weighted by Gasteiger charge is -2.25. The summed E-state index contributed by atoms with van der Waals surface area (Å²) >= 11 is 0. The van der Waals surface area contributed by atoms with Crippen LogP contribution >= 0.6 is 0 Å². The predicted octanol–water partition coefficient (Wildman–Crippen LogP) is 7.55. The number of benzene rings is 1. The monoisotopic (exact) mass is 390 g/mol. The topological polar surface area (TPSA) is 9.23 Å². The van der Waals surface area contributed by atoms with Crippen LogP contribution in [0, 0.1) is 35.5 Å². The summed E-state index contributed by atoms with van der Waals surface area (Å²) in [6, 6.07) is 8.03. The number of allylic oxidation sites excluding steroid dienone is 2. The molecule has 1 aromatic carbocycles.